The second kappa shape index (κ2) is 7.65. The van der Waals surface area contributed by atoms with Crippen LogP contribution in [0.3, 0.4) is 0 Å². The maximum absolute atomic E-state index is 2.57. The number of rotatable bonds is 6. The summed E-state index contributed by atoms with van der Waals surface area (Å²) in [6.45, 7) is 15.9. The van der Waals surface area contributed by atoms with Crippen molar-refractivity contribution >= 4 is 5.69 Å². The SMILES string of the molecule is CCN1CCN(Cc2ccc(N(CC)CC)cc2)CC1. The van der Waals surface area contributed by atoms with Gasteiger partial charge >= 0.3 is 0 Å². The number of benzene rings is 1. The molecule has 1 fully saturated rings. The van der Waals surface area contributed by atoms with Crippen LogP contribution in [-0.4, -0.2) is 55.6 Å². The van der Waals surface area contributed by atoms with Crippen LogP contribution in [0.2, 0.25) is 0 Å². The van der Waals surface area contributed by atoms with Crippen molar-refractivity contribution in [1.29, 1.82) is 0 Å². The first kappa shape index (κ1) is 15.3. The highest BCUT2D eigenvalue weighted by Crippen LogP contribution is 2.16. The Morgan fingerprint density at radius 2 is 1.40 bits per heavy atom. The molecule has 1 aromatic carbocycles. The molecule has 1 aliphatic rings. The number of piperazine rings is 1. The second-order valence-electron chi connectivity index (χ2n) is 5.55. The molecule has 0 spiro atoms. The number of likely N-dealkylation sites (N-methyl/N-ethyl adjacent to an activating group) is 1. The fraction of sp³-hybridized carbons (Fsp3) is 0.647. The molecule has 20 heavy (non-hydrogen) atoms. The van der Waals surface area contributed by atoms with E-state index in [1.807, 2.05) is 0 Å². The molecule has 2 rings (SSSR count). The minimum absolute atomic E-state index is 1.08. The average molecular weight is 275 g/mol. The molecule has 3 heteroatoms. The van der Waals surface area contributed by atoms with E-state index in [2.05, 4.69) is 59.7 Å². The van der Waals surface area contributed by atoms with Gasteiger partial charge in [0.1, 0.15) is 0 Å². The van der Waals surface area contributed by atoms with E-state index in [1.54, 1.807) is 0 Å². The molecule has 112 valence electrons. The van der Waals surface area contributed by atoms with E-state index in [-0.39, 0.29) is 0 Å². The molecule has 1 aromatic rings. The molecule has 0 aliphatic carbocycles. The minimum Gasteiger partial charge on any atom is -0.372 e. The lowest BCUT2D eigenvalue weighted by atomic mass is 10.1. The van der Waals surface area contributed by atoms with Gasteiger partial charge in [-0.25, -0.2) is 0 Å². The molecule has 0 bridgehead atoms. The first-order valence-corrected chi connectivity index (χ1v) is 8.05. The van der Waals surface area contributed by atoms with Crippen LogP contribution in [0.15, 0.2) is 24.3 Å². The van der Waals surface area contributed by atoms with Crippen LogP contribution in [0.25, 0.3) is 0 Å². The topological polar surface area (TPSA) is 9.72 Å². The van der Waals surface area contributed by atoms with Crippen molar-refractivity contribution in [3.05, 3.63) is 29.8 Å². The molecule has 0 unspecified atom stereocenters. The lowest BCUT2D eigenvalue weighted by molar-refractivity contribution is 0.132. The Balaban J connectivity index is 1.88. The van der Waals surface area contributed by atoms with Gasteiger partial charge in [-0.15, -0.1) is 0 Å². The third-order valence-electron chi connectivity index (χ3n) is 4.38. The van der Waals surface area contributed by atoms with E-state index in [4.69, 9.17) is 0 Å². The number of hydrogen-bond donors (Lipinski definition) is 0. The summed E-state index contributed by atoms with van der Waals surface area (Å²) in [5.74, 6) is 0. The summed E-state index contributed by atoms with van der Waals surface area (Å²) in [4.78, 5) is 7.49. The van der Waals surface area contributed by atoms with Crippen LogP contribution in [-0.2, 0) is 6.54 Å². The Morgan fingerprint density at radius 1 is 0.850 bits per heavy atom. The fourth-order valence-corrected chi connectivity index (χ4v) is 2.92. The zero-order valence-electron chi connectivity index (χ0n) is 13.3. The molecule has 0 amide bonds. The maximum atomic E-state index is 2.57. The van der Waals surface area contributed by atoms with Crippen molar-refractivity contribution in [3.63, 3.8) is 0 Å². The predicted molar refractivity (Wildman–Crippen MR) is 87.4 cm³/mol. The van der Waals surface area contributed by atoms with Crippen molar-refractivity contribution in [1.82, 2.24) is 9.80 Å². The second-order valence-corrected chi connectivity index (χ2v) is 5.55. The molecule has 0 saturated carbocycles. The van der Waals surface area contributed by atoms with Crippen molar-refractivity contribution in [2.24, 2.45) is 0 Å². The quantitative estimate of drug-likeness (QED) is 0.790. The van der Waals surface area contributed by atoms with Gasteiger partial charge in [0, 0.05) is 51.5 Å². The molecule has 3 nitrogen and oxygen atoms in total. The lowest BCUT2D eigenvalue weighted by Crippen LogP contribution is -2.45. The van der Waals surface area contributed by atoms with Crippen molar-refractivity contribution < 1.29 is 0 Å². The van der Waals surface area contributed by atoms with Gasteiger partial charge in [0.25, 0.3) is 0 Å². The fourth-order valence-electron chi connectivity index (χ4n) is 2.92. The van der Waals surface area contributed by atoms with E-state index in [9.17, 15) is 0 Å². The smallest absolute Gasteiger partial charge is 0.0366 e. The maximum Gasteiger partial charge on any atom is 0.0366 e. The van der Waals surface area contributed by atoms with Crippen LogP contribution in [0.1, 0.15) is 26.3 Å². The highest BCUT2D eigenvalue weighted by atomic mass is 15.3. The summed E-state index contributed by atoms with van der Waals surface area (Å²) in [6.07, 6.45) is 0. The molecular weight excluding hydrogens is 246 g/mol. The minimum atomic E-state index is 1.08. The van der Waals surface area contributed by atoms with Crippen LogP contribution < -0.4 is 4.90 Å². The van der Waals surface area contributed by atoms with Gasteiger partial charge in [-0.1, -0.05) is 19.1 Å². The lowest BCUT2D eigenvalue weighted by Gasteiger charge is -2.34. The average Bonchev–Trinajstić information content (AvgIpc) is 2.51. The Kier molecular flexibility index (Phi) is 5.86. The predicted octanol–water partition coefficient (Wildman–Crippen LogP) is 2.67. The zero-order chi connectivity index (χ0) is 14.4. The number of nitrogens with zero attached hydrogens (tertiary/aromatic N) is 3. The van der Waals surface area contributed by atoms with E-state index >= 15 is 0 Å². The van der Waals surface area contributed by atoms with Gasteiger partial charge in [0.05, 0.1) is 0 Å². The highest BCUT2D eigenvalue weighted by molar-refractivity contribution is 5.47. The van der Waals surface area contributed by atoms with Crippen molar-refractivity contribution in [2.45, 2.75) is 27.3 Å². The van der Waals surface area contributed by atoms with Crippen LogP contribution in [0.5, 0.6) is 0 Å². The first-order valence-electron chi connectivity index (χ1n) is 8.05. The molecular formula is C17H29N3. The summed E-state index contributed by atoms with van der Waals surface area (Å²) >= 11 is 0. The number of hydrogen-bond acceptors (Lipinski definition) is 3. The third kappa shape index (κ3) is 3.97. The van der Waals surface area contributed by atoms with Gasteiger partial charge in [0.2, 0.25) is 0 Å². The van der Waals surface area contributed by atoms with Crippen molar-refractivity contribution in [2.75, 3.05) is 50.7 Å². The van der Waals surface area contributed by atoms with Crippen molar-refractivity contribution in [3.8, 4) is 0 Å². The van der Waals surface area contributed by atoms with E-state index in [0.717, 1.165) is 19.6 Å². The summed E-state index contributed by atoms with van der Waals surface area (Å²) in [7, 11) is 0. The summed E-state index contributed by atoms with van der Waals surface area (Å²) < 4.78 is 0. The molecule has 1 aliphatic heterocycles. The van der Waals surface area contributed by atoms with Gasteiger partial charge < -0.3 is 9.80 Å². The zero-order valence-corrected chi connectivity index (χ0v) is 13.3. The van der Waals surface area contributed by atoms with Gasteiger partial charge in [-0.05, 0) is 38.1 Å². The molecule has 1 saturated heterocycles. The molecule has 0 aromatic heterocycles. The van der Waals surface area contributed by atoms with Gasteiger partial charge in [-0.2, -0.15) is 0 Å². The molecule has 0 atom stereocenters. The van der Waals surface area contributed by atoms with E-state index in [0.29, 0.717) is 0 Å². The first-order chi connectivity index (χ1) is 9.76. The van der Waals surface area contributed by atoms with Crippen LogP contribution in [0.4, 0.5) is 5.69 Å². The molecule has 0 radical (unpaired) electrons. The summed E-state index contributed by atoms with van der Waals surface area (Å²) in [5.41, 5.74) is 2.78. The largest absolute Gasteiger partial charge is 0.372 e. The van der Waals surface area contributed by atoms with Gasteiger partial charge in [0.15, 0.2) is 0 Å². The molecule has 1 heterocycles. The normalized spacial score (nSPS) is 17.4. The Labute approximate surface area is 124 Å². The monoisotopic (exact) mass is 275 g/mol. The Bertz CT molecular complexity index is 376. The van der Waals surface area contributed by atoms with E-state index < -0.39 is 0 Å². The summed E-state index contributed by atoms with van der Waals surface area (Å²) in [6, 6.07) is 9.12. The third-order valence-corrected chi connectivity index (χ3v) is 4.38. The van der Waals surface area contributed by atoms with Crippen LogP contribution >= 0.6 is 0 Å². The van der Waals surface area contributed by atoms with E-state index in [1.165, 1.54) is 44.0 Å². The standard InChI is InChI=1S/C17H29N3/c1-4-18-11-13-19(14-12-18)15-16-7-9-17(10-8-16)20(5-2)6-3/h7-10H,4-6,11-15H2,1-3H3. The highest BCUT2D eigenvalue weighted by Gasteiger charge is 2.15. The summed E-state index contributed by atoms with van der Waals surface area (Å²) in [5, 5.41) is 0. The van der Waals surface area contributed by atoms with Gasteiger partial charge in [-0.3, -0.25) is 4.90 Å². The number of anilines is 1. The Hall–Kier alpha value is -1.06. The Morgan fingerprint density at radius 3 is 1.90 bits per heavy atom. The van der Waals surface area contributed by atoms with Crippen LogP contribution in [0, 0.1) is 0 Å². The molecule has 0 N–H and O–H groups in total.